The lowest BCUT2D eigenvalue weighted by Crippen LogP contribution is -2.09. The second-order valence-corrected chi connectivity index (χ2v) is 3.97. The van der Waals surface area contributed by atoms with Gasteiger partial charge in [-0.15, -0.1) is 0 Å². The molecule has 0 saturated heterocycles. The summed E-state index contributed by atoms with van der Waals surface area (Å²) in [4.78, 5) is 14.1. The third-order valence-electron chi connectivity index (χ3n) is 2.04. The summed E-state index contributed by atoms with van der Waals surface area (Å²) in [6, 6.07) is 7.47. The highest BCUT2D eigenvalue weighted by Crippen LogP contribution is 2.27. The number of fused-ring (bicyclic) bond motifs is 1. The van der Waals surface area contributed by atoms with Gasteiger partial charge in [-0.25, -0.2) is 4.79 Å². The maximum absolute atomic E-state index is 11.1. The molecule has 84 valence electrons. The zero-order chi connectivity index (χ0) is 11.5. The second kappa shape index (κ2) is 4.57. The third-order valence-corrected chi connectivity index (χ3v) is 2.73. The number of nitrogens with one attached hydrogen (secondary N) is 1. The van der Waals surface area contributed by atoms with Crippen molar-refractivity contribution >= 4 is 33.0 Å². The lowest BCUT2D eigenvalue weighted by atomic mass is 10.2. The Labute approximate surface area is 101 Å². The van der Waals surface area contributed by atoms with E-state index in [-0.39, 0.29) is 0 Å². The molecule has 4 nitrogen and oxygen atoms in total. The molecule has 0 spiro atoms. The summed E-state index contributed by atoms with van der Waals surface area (Å²) >= 11 is 3.42. The first-order chi connectivity index (χ1) is 7.70. The molecule has 5 heteroatoms. The summed E-state index contributed by atoms with van der Waals surface area (Å²) in [6.07, 6.45) is -0.704. The number of hydrogen-bond acceptors (Lipinski definition) is 3. The summed E-state index contributed by atoms with van der Waals surface area (Å²) in [5, 5.41) is 0.960. The summed E-state index contributed by atoms with van der Waals surface area (Å²) in [7, 11) is 0. The van der Waals surface area contributed by atoms with Crippen LogP contribution in [0.15, 0.2) is 28.7 Å². The van der Waals surface area contributed by atoms with Gasteiger partial charge in [0, 0.05) is 21.4 Å². The van der Waals surface area contributed by atoms with E-state index in [4.69, 9.17) is 4.74 Å². The van der Waals surface area contributed by atoms with Crippen molar-refractivity contribution in [1.29, 1.82) is 0 Å². The van der Waals surface area contributed by atoms with Crippen LogP contribution in [-0.4, -0.2) is 17.7 Å². The van der Waals surface area contributed by atoms with Gasteiger partial charge in [0.15, 0.2) is 0 Å². The van der Waals surface area contributed by atoms with E-state index >= 15 is 0 Å². The van der Waals surface area contributed by atoms with E-state index in [0.717, 1.165) is 15.4 Å². The van der Waals surface area contributed by atoms with Crippen LogP contribution >= 0.6 is 15.9 Å². The Morgan fingerprint density at radius 3 is 3.00 bits per heavy atom. The SMILES string of the molecule is CCOC(=O)Oc1cc2c(Br)cccc2[nH]1. The first-order valence-electron chi connectivity index (χ1n) is 4.82. The van der Waals surface area contributed by atoms with E-state index in [9.17, 15) is 4.79 Å². The van der Waals surface area contributed by atoms with E-state index in [2.05, 4.69) is 25.7 Å². The van der Waals surface area contributed by atoms with Crippen LogP contribution in [0.1, 0.15) is 6.92 Å². The molecule has 0 amide bonds. The largest absolute Gasteiger partial charge is 0.515 e. The molecule has 16 heavy (non-hydrogen) atoms. The smallest absolute Gasteiger partial charge is 0.434 e. The quantitative estimate of drug-likeness (QED) is 0.859. The first kappa shape index (κ1) is 11.0. The fourth-order valence-corrected chi connectivity index (χ4v) is 1.87. The van der Waals surface area contributed by atoms with Crippen LogP contribution in [0, 0.1) is 0 Å². The van der Waals surface area contributed by atoms with Crippen molar-refractivity contribution in [2.24, 2.45) is 0 Å². The van der Waals surface area contributed by atoms with Gasteiger partial charge in [-0.2, -0.15) is 0 Å². The topological polar surface area (TPSA) is 51.3 Å². The molecule has 1 aromatic heterocycles. The van der Waals surface area contributed by atoms with Gasteiger partial charge >= 0.3 is 6.16 Å². The molecule has 1 N–H and O–H groups in total. The predicted molar refractivity (Wildman–Crippen MR) is 63.6 cm³/mol. The molecule has 2 aromatic rings. The number of hydrogen-bond donors (Lipinski definition) is 1. The molecule has 0 aliphatic rings. The van der Waals surface area contributed by atoms with Crippen molar-refractivity contribution in [2.45, 2.75) is 6.92 Å². The molecule has 0 bridgehead atoms. The molecular formula is C11H10BrNO3. The molecule has 1 aromatic carbocycles. The van der Waals surface area contributed by atoms with Crippen LogP contribution in [-0.2, 0) is 4.74 Å². The fraction of sp³-hybridized carbons (Fsp3) is 0.182. The van der Waals surface area contributed by atoms with Crippen LogP contribution < -0.4 is 4.74 Å². The van der Waals surface area contributed by atoms with Gasteiger partial charge in [0.1, 0.15) is 0 Å². The monoisotopic (exact) mass is 283 g/mol. The highest BCUT2D eigenvalue weighted by Gasteiger charge is 2.09. The van der Waals surface area contributed by atoms with E-state index < -0.39 is 6.16 Å². The molecule has 0 radical (unpaired) electrons. The van der Waals surface area contributed by atoms with E-state index in [0.29, 0.717) is 12.5 Å². The minimum Gasteiger partial charge on any atom is -0.434 e. The Morgan fingerprint density at radius 2 is 2.31 bits per heavy atom. The summed E-state index contributed by atoms with van der Waals surface area (Å²) in [5.41, 5.74) is 0.897. The van der Waals surface area contributed by atoms with Gasteiger partial charge in [-0.05, 0) is 19.1 Å². The summed E-state index contributed by atoms with van der Waals surface area (Å²) in [5.74, 6) is 0.375. The second-order valence-electron chi connectivity index (χ2n) is 3.12. The number of benzene rings is 1. The Kier molecular flexibility index (Phi) is 3.14. The number of rotatable bonds is 2. The molecule has 0 fully saturated rings. The number of carbonyl (C=O) groups is 1. The average Bonchev–Trinajstić information content (AvgIpc) is 2.62. The summed E-state index contributed by atoms with van der Waals surface area (Å²) < 4.78 is 10.6. The van der Waals surface area contributed by atoms with Crippen molar-refractivity contribution in [1.82, 2.24) is 4.98 Å². The van der Waals surface area contributed by atoms with Crippen LogP contribution in [0.3, 0.4) is 0 Å². The Morgan fingerprint density at radius 1 is 1.50 bits per heavy atom. The lowest BCUT2D eigenvalue weighted by Gasteiger charge is -1.99. The number of ether oxygens (including phenoxy) is 2. The maximum atomic E-state index is 11.1. The molecule has 1 heterocycles. The zero-order valence-electron chi connectivity index (χ0n) is 8.62. The van der Waals surface area contributed by atoms with Gasteiger partial charge in [0.25, 0.3) is 0 Å². The van der Waals surface area contributed by atoms with E-state index in [1.807, 2.05) is 18.2 Å². The van der Waals surface area contributed by atoms with Crippen LogP contribution in [0.4, 0.5) is 4.79 Å². The van der Waals surface area contributed by atoms with Gasteiger partial charge in [0.05, 0.1) is 6.61 Å². The lowest BCUT2D eigenvalue weighted by molar-refractivity contribution is 0.103. The Bertz CT molecular complexity index is 521. The highest BCUT2D eigenvalue weighted by molar-refractivity contribution is 9.10. The van der Waals surface area contributed by atoms with Crippen molar-refractivity contribution in [3.05, 3.63) is 28.7 Å². The van der Waals surface area contributed by atoms with Crippen LogP contribution in [0.25, 0.3) is 10.9 Å². The van der Waals surface area contributed by atoms with Gasteiger partial charge in [-0.3, -0.25) is 0 Å². The first-order valence-corrected chi connectivity index (χ1v) is 5.62. The molecular weight excluding hydrogens is 274 g/mol. The average molecular weight is 284 g/mol. The van der Waals surface area contributed by atoms with E-state index in [1.54, 1.807) is 13.0 Å². The van der Waals surface area contributed by atoms with Crippen LogP contribution in [0.2, 0.25) is 0 Å². The molecule has 2 rings (SSSR count). The van der Waals surface area contributed by atoms with Crippen molar-refractivity contribution in [3.63, 3.8) is 0 Å². The Balaban J connectivity index is 2.26. The van der Waals surface area contributed by atoms with E-state index in [1.165, 1.54) is 0 Å². The normalized spacial score (nSPS) is 10.4. The number of H-pyrrole nitrogens is 1. The minimum atomic E-state index is -0.704. The van der Waals surface area contributed by atoms with Gasteiger partial charge in [0.2, 0.25) is 5.88 Å². The maximum Gasteiger partial charge on any atom is 0.515 e. The number of aromatic amines is 1. The standard InChI is InChI=1S/C11H10BrNO3/c1-2-15-11(14)16-10-6-7-8(12)4-3-5-9(7)13-10/h3-6,13H,2H2,1H3. The Hall–Kier alpha value is -1.49. The predicted octanol–water partition coefficient (Wildman–Crippen LogP) is 3.47. The minimum absolute atomic E-state index is 0.294. The molecule has 0 aliphatic carbocycles. The molecule has 0 unspecified atom stereocenters. The van der Waals surface area contributed by atoms with Crippen LogP contribution in [0.5, 0.6) is 5.88 Å². The summed E-state index contributed by atoms with van der Waals surface area (Å²) in [6.45, 7) is 2.02. The molecule has 0 aliphatic heterocycles. The number of halogens is 1. The molecule has 0 saturated carbocycles. The number of aromatic nitrogens is 1. The van der Waals surface area contributed by atoms with Gasteiger partial charge < -0.3 is 14.5 Å². The number of carbonyl (C=O) groups excluding carboxylic acids is 1. The van der Waals surface area contributed by atoms with Crippen molar-refractivity contribution in [3.8, 4) is 5.88 Å². The van der Waals surface area contributed by atoms with Crippen molar-refractivity contribution in [2.75, 3.05) is 6.61 Å². The zero-order valence-corrected chi connectivity index (χ0v) is 10.2. The third kappa shape index (κ3) is 2.19. The molecule has 0 atom stereocenters. The van der Waals surface area contributed by atoms with Crippen molar-refractivity contribution < 1.29 is 14.3 Å². The fourth-order valence-electron chi connectivity index (χ4n) is 1.38. The highest BCUT2D eigenvalue weighted by atomic mass is 79.9. The van der Waals surface area contributed by atoms with Gasteiger partial charge in [-0.1, -0.05) is 22.0 Å².